The van der Waals surface area contributed by atoms with E-state index in [1.165, 1.54) is 4.31 Å². The lowest BCUT2D eigenvalue weighted by molar-refractivity contribution is -0.120. The maximum atomic E-state index is 13.1. The van der Waals surface area contributed by atoms with Gasteiger partial charge in [0, 0.05) is 19.6 Å². The number of nitrogens with zero attached hydrogens (tertiary/aromatic N) is 2. The number of carbonyl (C=O) groups is 1. The summed E-state index contributed by atoms with van der Waals surface area (Å²) in [5, 5.41) is 6.76. The molecule has 1 saturated heterocycles. The molecule has 0 spiro atoms. The zero-order valence-electron chi connectivity index (χ0n) is 19.8. The van der Waals surface area contributed by atoms with Gasteiger partial charge < -0.3 is 19.3 Å². The number of ether oxygens (including phenoxy) is 2. The summed E-state index contributed by atoms with van der Waals surface area (Å²) in [4.78, 5) is 12.8. The fourth-order valence-corrected chi connectivity index (χ4v) is 5.47. The number of morpholine rings is 1. The zero-order chi connectivity index (χ0) is 24.8. The molecule has 2 aromatic carbocycles. The van der Waals surface area contributed by atoms with Crippen molar-refractivity contribution < 1.29 is 27.2 Å². The van der Waals surface area contributed by atoms with Gasteiger partial charge in [0.1, 0.15) is 18.1 Å². The van der Waals surface area contributed by atoms with Crippen molar-refractivity contribution in [2.75, 3.05) is 26.3 Å². The van der Waals surface area contributed by atoms with Gasteiger partial charge in [-0.1, -0.05) is 35.5 Å². The number of rotatable bonds is 9. The van der Waals surface area contributed by atoms with Crippen LogP contribution in [-0.4, -0.2) is 50.1 Å². The van der Waals surface area contributed by atoms with Gasteiger partial charge >= 0.3 is 0 Å². The summed E-state index contributed by atoms with van der Waals surface area (Å²) >= 11 is 0. The Bertz CT molecular complexity index is 1250. The van der Waals surface area contributed by atoms with E-state index < -0.39 is 10.0 Å². The molecule has 0 atom stereocenters. The molecule has 3 aromatic rings. The Labute approximate surface area is 205 Å². The van der Waals surface area contributed by atoms with Crippen molar-refractivity contribution >= 4 is 15.9 Å². The van der Waals surface area contributed by atoms with E-state index in [1.807, 2.05) is 38.1 Å². The van der Waals surface area contributed by atoms with Crippen LogP contribution in [-0.2, 0) is 39.1 Å². The Morgan fingerprint density at radius 3 is 2.49 bits per heavy atom. The van der Waals surface area contributed by atoms with Crippen molar-refractivity contribution in [3.05, 3.63) is 76.7 Å². The van der Waals surface area contributed by atoms with Crippen LogP contribution in [0.3, 0.4) is 0 Å². The highest BCUT2D eigenvalue weighted by atomic mass is 32.2. The highest BCUT2D eigenvalue weighted by molar-refractivity contribution is 7.89. The van der Waals surface area contributed by atoms with Gasteiger partial charge in [-0.05, 0) is 43.2 Å². The number of aromatic nitrogens is 1. The third-order valence-corrected chi connectivity index (χ3v) is 7.89. The van der Waals surface area contributed by atoms with E-state index in [9.17, 15) is 13.2 Å². The van der Waals surface area contributed by atoms with Gasteiger partial charge in [-0.3, -0.25) is 4.79 Å². The normalized spacial score (nSPS) is 14.6. The maximum Gasteiger partial charge on any atom is 0.243 e. The molecule has 10 heteroatoms. The van der Waals surface area contributed by atoms with E-state index in [-0.39, 0.29) is 23.8 Å². The number of sulfonamides is 1. The summed E-state index contributed by atoms with van der Waals surface area (Å²) in [6.07, 6.45) is 0.169. The first-order valence-corrected chi connectivity index (χ1v) is 12.8. The molecule has 0 radical (unpaired) electrons. The fourth-order valence-electron chi connectivity index (χ4n) is 3.84. The minimum Gasteiger partial charge on any atom is -0.489 e. The standard InChI is InChI=1S/C25H29N3O6S/c1-18-23(19(2)34-27-18)17-33-22-9-7-20(8-10-22)15-25(29)26-16-21-5-3-4-6-24(21)35(30,31)28-11-13-32-14-12-28/h3-10H,11-17H2,1-2H3,(H,26,29). The molecule has 1 aliphatic rings. The van der Waals surface area contributed by atoms with Gasteiger partial charge in [0.05, 0.1) is 35.8 Å². The largest absolute Gasteiger partial charge is 0.489 e. The monoisotopic (exact) mass is 499 g/mol. The van der Waals surface area contributed by atoms with Crippen molar-refractivity contribution in [3.63, 3.8) is 0 Å². The molecule has 1 aromatic heterocycles. The minimum atomic E-state index is -3.65. The lowest BCUT2D eigenvalue weighted by atomic mass is 10.1. The highest BCUT2D eigenvalue weighted by Crippen LogP contribution is 2.22. The molecule has 9 nitrogen and oxygen atoms in total. The van der Waals surface area contributed by atoms with Crippen LogP contribution >= 0.6 is 0 Å². The molecule has 0 saturated carbocycles. The van der Waals surface area contributed by atoms with Crippen LogP contribution in [0.15, 0.2) is 57.9 Å². The second-order valence-electron chi connectivity index (χ2n) is 8.31. The predicted octanol–water partition coefficient (Wildman–Crippen LogP) is 2.75. The van der Waals surface area contributed by atoms with Crippen LogP contribution in [0.1, 0.15) is 28.1 Å². The summed E-state index contributed by atoms with van der Waals surface area (Å²) in [6.45, 7) is 5.58. The summed E-state index contributed by atoms with van der Waals surface area (Å²) < 4.78 is 43.8. The van der Waals surface area contributed by atoms with Crippen molar-refractivity contribution in [3.8, 4) is 5.75 Å². The van der Waals surface area contributed by atoms with E-state index in [0.29, 0.717) is 44.2 Å². The number of hydrogen-bond donors (Lipinski definition) is 1. The van der Waals surface area contributed by atoms with Gasteiger partial charge in [-0.15, -0.1) is 0 Å². The minimum absolute atomic E-state index is 0.122. The summed E-state index contributed by atoms with van der Waals surface area (Å²) in [5.74, 6) is 1.21. The maximum absolute atomic E-state index is 13.1. The van der Waals surface area contributed by atoms with Gasteiger partial charge in [0.15, 0.2) is 0 Å². The highest BCUT2D eigenvalue weighted by Gasteiger charge is 2.28. The summed E-state index contributed by atoms with van der Waals surface area (Å²) in [7, 11) is -3.65. The first-order chi connectivity index (χ1) is 16.8. The Morgan fingerprint density at radius 1 is 1.09 bits per heavy atom. The van der Waals surface area contributed by atoms with Gasteiger partial charge in [0.25, 0.3) is 0 Å². The number of amides is 1. The molecule has 0 aliphatic carbocycles. The van der Waals surface area contributed by atoms with Crippen molar-refractivity contribution in [1.82, 2.24) is 14.8 Å². The first kappa shape index (κ1) is 24.9. The topological polar surface area (TPSA) is 111 Å². The molecule has 1 aliphatic heterocycles. The summed E-state index contributed by atoms with van der Waals surface area (Å²) in [5.41, 5.74) is 3.09. The van der Waals surface area contributed by atoms with Gasteiger partial charge in [0.2, 0.25) is 15.9 Å². The molecule has 0 bridgehead atoms. The second-order valence-corrected chi connectivity index (χ2v) is 10.2. The molecule has 1 fully saturated rings. The van der Waals surface area contributed by atoms with Crippen molar-refractivity contribution in [2.24, 2.45) is 0 Å². The number of aryl methyl sites for hydroxylation is 2. The smallest absolute Gasteiger partial charge is 0.243 e. The average Bonchev–Trinajstić information content (AvgIpc) is 3.20. The fraction of sp³-hybridized carbons (Fsp3) is 0.360. The molecule has 2 heterocycles. The van der Waals surface area contributed by atoms with E-state index in [0.717, 1.165) is 22.6 Å². The Hall–Kier alpha value is -3.21. The van der Waals surface area contributed by atoms with E-state index in [4.69, 9.17) is 14.0 Å². The van der Waals surface area contributed by atoms with Crippen LogP contribution < -0.4 is 10.1 Å². The average molecular weight is 500 g/mol. The first-order valence-electron chi connectivity index (χ1n) is 11.4. The molecular weight excluding hydrogens is 470 g/mol. The van der Waals surface area contributed by atoms with Crippen LogP contribution in [0.5, 0.6) is 5.75 Å². The second kappa shape index (κ2) is 11.0. The lowest BCUT2D eigenvalue weighted by Crippen LogP contribution is -2.41. The van der Waals surface area contributed by atoms with E-state index >= 15 is 0 Å². The number of benzene rings is 2. The third-order valence-electron chi connectivity index (χ3n) is 5.89. The molecule has 35 heavy (non-hydrogen) atoms. The predicted molar refractivity (Wildman–Crippen MR) is 128 cm³/mol. The van der Waals surface area contributed by atoms with E-state index in [1.54, 1.807) is 24.3 Å². The SMILES string of the molecule is Cc1noc(C)c1COc1ccc(CC(=O)NCc2ccccc2S(=O)(=O)N2CCOCC2)cc1. The number of hydrogen-bond acceptors (Lipinski definition) is 7. The quantitative estimate of drug-likeness (QED) is 0.482. The Kier molecular flexibility index (Phi) is 7.84. The summed E-state index contributed by atoms with van der Waals surface area (Å²) in [6, 6.07) is 14.0. The van der Waals surface area contributed by atoms with Crippen LogP contribution in [0, 0.1) is 13.8 Å². The van der Waals surface area contributed by atoms with Crippen LogP contribution in [0.4, 0.5) is 0 Å². The van der Waals surface area contributed by atoms with Gasteiger partial charge in [-0.2, -0.15) is 4.31 Å². The number of nitrogens with one attached hydrogen (secondary N) is 1. The van der Waals surface area contributed by atoms with Gasteiger partial charge in [-0.25, -0.2) is 8.42 Å². The number of carbonyl (C=O) groups excluding carboxylic acids is 1. The molecule has 1 amide bonds. The van der Waals surface area contributed by atoms with Crippen molar-refractivity contribution in [1.29, 1.82) is 0 Å². The molecule has 186 valence electrons. The van der Waals surface area contributed by atoms with Crippen LogP contribution in [0.2, 0.25) is 0 Å². The zero-order valence-corrected chi connectivity index (χ0v) is 20.6. The molecular formula is C25H29N3O6S. The Balaban J connectivity index is 1.33. The lowest BCUT2D eigenvalue weighted by Gasteiger charge is -2.27. The Morgan fingerprint density at radius 2 is 1.80 bits per heavy atom. The van der Waals surface area contributed by atoms with Crippen LogP contribution in [0.25, 0.3) is 0 Å². The molecule has 1 N–H and O–H groups in total. The molecule has 4 rings (SSSR count). The molecule has 0 unspecified atom stereocenters. The third kappa shape index (κ3) is 6.08. The van der Waals surface area contributed by atoms with E-state index in [2.05, 4.69) is 10.5 Å². The van der Waals surface area contributed by atoms with Crippen molar-refractivity contribution in [2.45, 2.75) is 38.3 Å².